The van der Waals surface area contributed by atoms with Gasteiger partial charge in [-0.3, -0.25) is 0 Å². The van der Waals surface area contributed by atoms with Gasteiger partial charge in [-0.25, -0.2) is 0 Å². The molecule has 0 aromatic rings. The van der Waals surface area contributed by atoms with Crippen LogP contribution in [0.5, 0.6) is 0 Å². The van der Waals surface area contributed by atoms with Gasteiger partial charge in [0.15, 0.2) is 0 Å². The SMILES string of the molecule is C1CN(C2CC2)CCC1C1CNC1. The maximum absolute atomic E-state index is 3.39. The molecule has 1 saturated carbocycles. The molecule has 0 spiro atoms. The normalized spacial score (nSPS) is 33.2. The third-order valence-corrected chi connectivity index (χ3v) is 4.12. The molecule has 3 fully saturated rings. The molecule has 2 heterocycles. The zero-order valence-electron chi connectivity index (χ0n) is 8.34. The van der Waals surface area contributed by atoms with Crippen LogP contribution < -0.4 is 5.32 Å². The molecule has 1 aliphatic carbocycles. The first-order valence-electron chi connectivity index (χ1n) is 5.88. The van der Waals surface area contributed by atoms with Gasteiger partial charge in [-0.2, -0.15) is 0 Å². The van der Waals surface area contributed by atoms with E-state index in [9.17, 15) is 0 Å². The van der Waals surface area contributed by atoms with Crippen molar-refractivity contribution < 1.29 is 0 Å². The highest BCUT2D eigenvalue weighted by atomic mass is 15.2. The van der Waals surface area contributed by atoms with Crippen molar-refractivity contribution in [1.29, 1.82) is 0 Å². The monoisotopic (exact) mass is 180 g/mol. The molecule has 74 valence electrons. The Hall–Kier alpha value is -0.0800. The van der Waals surface area contributed by atoms with Gasteiger partial charge in [-0.1, -0.05) is 0 Å². The smallest absolute Gasteiger partial charge is 0.00964 e. The molecule has 3 rings (SSSR count). The quantitative estimate of drug-likeness (QED) is 0.684. The van der Waals surface area contributed by atoms with Gasteiger partial charge in [0.05, 0.1) is 0 Å². The van der Waals surface area contributed by atoms with E-state index in [0.717, 1.165) is 17.9 Å². The minimum Gasteiger partial charge on any atom is -0.316 e. The lowest BCUT2D eigenvalue weighted by atomic mass is 9.81. The lowest BCUT2D eigenvalue weighted by Gasteiger charge is -2.40. The van der Waals surface area contributed by atoms with Crippen LogP contribution in [0.15, 0.2) is 0 Å². The summed E-state index contributed by atoms with van der Waals surface area (Å²) >= 11 is 0. The third kappa shape index (κ3) is 1.62. The van der Waals surface area contributed by atoms with Crippen molar-refractivity contribution >= 4 is 0 Å². The first-order valence-corrected chi connectivity index (χ1v) is 5.88. The molecule has 2 saturated heterocycles. The molecule has 0 atom stereocenters. The van der Waals surface area contributed by atoms with Gasteiger partial charge in [0.25, 0.3) is 0 Å². The maximum Gasteiger partial charge on any atom is 0.00964 e. The molecule has 0 amide bonds. The van der Waals surface area contributed by atoms with Crippen LogP contribution in [0.1, 0.15) is 25.7 Å². The first-order chi connectivity index (χ1) is 6.43. The van der Waals surface area contributed by atoms with Crippen LogP contribution in [-0.2, 0) is 0 Å². The van der Waals surface area contributed by atoms with Crippen LogP contribution >= 0.6 is 0 Å². The van der Waals surface area contributed by atoms with Crippen LogP contribution in [0.25, 0.3) is 0 Å². The third-order valence-electron chi connectivity index (χ3n) is 4.12. The Kier molecular flexibility index (Phi) is 2.06. The van der Waals surface area contributed by atoms with E-state index >= 15 is 0 Å². The number of nitrogens with zero attached hydrogens (tertiary/aromatic N) is 1. The molecule has 0 bridgehead atoms. The highest BCUT2D eigenvalue weighted by molar-refractivity contribution is 4.90. The van der Waals surface area contributed by atoms with Crippen molar-refractivity contribution in [3.8, 4) is 0 Å². The molecule has 2 aliphatic heterocycles. The molecular weight excluding hydrogens is 160 g/mol. The summed E-state index contributed by atoms with van der Waals surface area (Å²) in [6.45, 7) is 5.39. The van der Waals surface area contributed by atoms with E-state index in [4.69, 9.17) is 0 Å². The van der Waals surface area contributed by atoms with Crippen molar-refractivity contribution in [2.45, 2.75) is 31.7 Å². The Labute approximate surface area is 80.7 Å². The molecule has 0 aromatic carbocycles. The Morgan fingerprint density at radius 2 is 1.54 bits per heavy atom. The van der Waals surface area contributed by atoms with Crippen LogP contribution in [0, 0.1) is 11.8 Å². The molecule has 2 nitrogen and oxygen atoms in total. The molecule has 3 aliphatic rings. The number of nitrogens with one attached hydrogen (secondary N) is 1. The van der Waals surface area contributed by atoms with Crippen LogP contribution in [0.4, 0.5) is 0 Å². The zero-order chi connectivity index (χ0) is 8.67. The number of hydrogen-bond acceptors (Lipinski definition) is 2. The molecule has 1 N–H and O–H groups in total. The van der Waals surface area contributed by atoms with Gasteiger partial charge in [0, 0.05) is 6.04 Å². The molecule has 13 heavy (non-hydrogen) atoms. The van der Waals surface area contributed by atoms with E-state index < -0.39 is 0 Å². The Morgan fingerprint density at radius 1 is 0.846 bits per heavy atom. The number of likely N-dealkylation sites (tertiary alicyclic amines) is 1. The summed E-state index contributed by atoms with van der Waals surface area (Å²) in [6.07, 6.45) is 5.91. The summed E-state index contributed by atoms with van der Waals surface area (Å²) in [5.74, 6) is 2.08. The lowest BCUT2D eigenvalue weighted by molar-refractivity contribution is 0.116. The summed E-state index contributed by atoms with van der Waals surface area (Å²) in [5, 5.41) is 3.39. The molecule has 0 radical (unpaired) electrons. The van der Waals surface area contributed by atoms with Crippen molar-refractivity contribution in [2.75, 3.05) is 26.2 Å². The van der Waals surface area contributed by atoms with Crippen molar-refractivity contribution in [1.82, 2.24) is 10.2 Å². The fourth-order valence-electron chi connectivity index (χ4n) is 2.84. The predicted octanol–water partition coefficient (Wildman–Crippen LogP) is 1.08. The molecule has 0 unspecified atom stereocenters. The first kappa shape index (κ1) is 8.25. The number of piperidine rings is 1. The summed E-state index contributed by atoms with van der Waals surface area (Å²) in [6, 6.07) is 1.00. The van der Waals surface area contributed by atoms with Crippen molar-refractivity contribution in [3.63, 3.8) is 0 Å². The molecular formula is C11H20N2. The maximum atomic E-state index is 3.39. The summed E-state index contributed by atoms with van der Waals surface area (Å²) < 4.78 is 0. The zero-order valence-corrected chi connectivity index (χ0v) is 8.34. The summed E-state index contributed by atoms with van der Waals surface area (Å²) in [7, 11) is 0. The van der Waals surface area contributed by atoms with Crippen LogP contribution in [0.2, 0.25) is 0 Å². The average Bonchev–Trinajstić information content (AvgIpc) is 2.85. The second kappa shape index (κ2) is 3.25. The molecule has 2 heteroatoms. The van der Waals surface area contributed by atoms with E-state index in [2.05, 4.69) is 10.2 Å². The largest absolute Gasteiger partial charge is 0.316 e. The minimum absolute atomic E-state index is 1.00. The Bertz CT molecular complexity index is 177. The van der Waals surface area contributed by atoms with Crippen molar-refractivity contribution in [2.24, 2.45) is 11.8 Å². The van der Waals surface area contributed by atoms with E-state index in [1.54, 1.807) is 0 Å². The van der Waals surface area contributed by atoms with Gasteiger partial charge in [-0.15, -0.1) is 0 Å². The van der Waals surface area contributed by atoms with E-state index in [-0.39, 0.29) is 0 Å². The standard InChI is InChI=1S/C11H20N2/c1-2-11(1)13-5-3-9(4-6-13)10-7-12-8-10/h9-12H,1-8H2. The topological polar surface area (TPSA) is 15.3 Å². The predicted molar refractivity (Wildman–Crippen MR) is 53.7 cm³/mol. The van der Waals surface area contributed by atoms with Crippen LogP contribution in [-0.4, -0.2) is 37.1 Å². The molecule has 0 aromatic heterocycles. The Balaban J connectivity index is 1.48. The van der Waals surface area contributed by atoms with E-state index in [1.165, 1.54) is 51.9 Å². The lowest BCUT2D eigenvalue weighted by Crippen LogP contribution is -2.49. The van der Waals surface area contributed by atoms with Gasteiger partial charge in [-0.05, 0) is 63.7 Å². The second-order valence-corrected chi connectivity index (χ2v) is 5.02. The van der Waals surface area contributed by atoms with E-state index in [0.29, 0.717) is 0 Å². The summed E-state index contributed by atoms with van der Waals surface area (Å²) in [4.78, 5) is 2.72. The van der Waals surface area contributed by atoms with Crippen molar-refractivity contribution in [3.05, 3.63) is 0 Å². The number of hydrogen-bond donors (Lipinski definition) is 1. The van der Waals surface area contributed by atoms with E-state index in [1.807, 2.05) is 0 Å². The number of rotatable bonds is 2. The van der Waals surface area contributed by atoms with Crippen LogP contribution in [0.3, 0.4) is 0 Å². The second-order valence-electron chi connectivity index (χ2n) is 5.02. The summed E-state index contributed by atoms with van der Waals surface area (Å²) in [5.41, 5.74) is 0. The minimum atomic E-state index is 1.00. The Morgan fingerprint density at radius 3 is 2.00 bits per heavy atom. The fraction of sp³-hybridized carbons (Fsp3) is 1.00. The van der Waals surface area contributed by atoms with Gasteiger partial charge >= 0.3 is 0 Å². The average molecular weight is 180 g/mol. The van der Waals surface area contributed by atoms with Gasteiger partial charge < -0.3 is 10.2 Å². The highest BCUT2D eigenvalue weighted by Gasteiger charge is 2.35. The fourth-order valence-corrected chi connectivity index (χ4v) is 2.84. The highest BCUT2D eigenvalue weighted by Crippen LogP contribution is 2.33. The van der Waals surface area contributed by atoms with Gasteiger partial charge in [0.2, 0.25) is 0 Å². The van der Waals surface area contributed by atoms with Gasteiger partial charge in [0.1, 0.15) is 0 Å².